The molecule has 4 aliphatic carbocycles. The van der Waals surface area contributed by atoms with Crippen molar-refractivity contribution in [2.45, 2.75) is 128 Å². The molecule has 0 radical (unpaired) electrons. The largest absolute Gasteiger partial charge is 0.394 e. The second-order valence-corrected chi connectivity index (χ2v) is 15.9. The third kappa shape index (κ3) is 4.68. The topological polar surface area (TPSA) is 123 Å². The maximum atomic E-state index is 11.6. The standard InChI is InChI=1S/C33H55NO7/c1-16-4-7-26-17(2)19-5-6-20-21(23(19)14-34(26)13-16)11-24-22(20)12-27(36)25-10-18(8-9-33(24,25)3)40-32-31(39)30(38)29(37)28(15-35)41-32/h16-32,35-39H,4-15H2,1-3H3/t16-,17+,18+,19+,20+,21+,22-,23-,24-,25+,26-,27-,28+,29+,30-,31+,32+,33-/m0/s1. The molecular formula is C33H55NO7. The van der Waals surface area contributed by atoms with Crippen molar-refractivity contribution in [1.82, 2.24) is 4.90 Å². The Morgan fingerprint density at radius 1 is 0.780 bits per heavy atom. The van der Waals surface area contributed by atoms with Gasteiger partial charge in [-0.05, 0) is 116 Å². The maximum absolute atomic E-state index is 11.6. The van der Waals surface area contributed by atoms with E-state index in [0.29, 0.717) is 18.3 Å². The number of hydrogen-bond donors (Lipinski definition) is 5. The molecule has 4 saturated carbocycles. The van der Waals surface area contributed by atoms with Crippen molar-refractivity contribution >= 4 is 0 Å². The zero-order valence-electron chi connectivity index (χ0n) is 25.3. The Morgan fingerprint density at radius 2 is 1.56 bits per heavy atom. The molecular weight excluding hydrogens is 522 g/mol. The van der Waals surface area contributed by atoms with Crippen LogP contribution >= 0.6 is 0 Å². The molecule has 0 unspecified atom stereocenters. The van der Waals surface area contributed by atoms with E-state index in [9.17, 15) is 25.5 Å². The summed E-state index contributed by atoms with van der Waals surface area (Å²) >= 11 is 0. The van der Waals surface area contributed by atoms with Crippen molar-refractivity contribution in [3.63, 3.8) is 0 Å². The number of ether oxygens (including phenoxy) is 2. The Kier molecular flexibility index (Phi) is 7.84. The van der Waals surface area contributed by atoms with Crippen LogP contribution in [0, 0.1) is 58.7 Å². The molecule has 0 bridgehead atoms. The summed E-state index contributed by atoms with van der Waals surface area (Å²) in [7, 11) is 0. The first-order chi connectivity index (χ1) is 19.6. The molecule has 234 valence electrons. The van der Waals surface area contributed by atoms with Crippen molar-refractivity contribution in [2.24, 2.45) is 58.7 Å². The van der Waals surface area contributed by atoms with Crippen LogP contribution in [0.5, 0.6) is 0 Å². The van der Waals surface area contributed by atoms with Gasteiger partial charge in [-0.3, -0.25) is 4.90 Å². The highest BCUT2D eigenvalue weighted by Crippen LogP contribution is 2.67. The van der Waals surface area contributed by atoms with Crippen LogP contribution in [0.4, 0.5) is 0 Å². The molecule has 0 aromatic heterocycles. The first-order valence-electron chi connectivity index (χ1n) is 17.0. The normalized spacial score (nSPS) is 59.0. The number of rotatable bonds is 3. The van der Waals surface area contributed by atoms with Crippen LogP contribution in [0.15, 0.2) is 0 Å². The molecule has 3 aliphatic heterocycles. The first-order valence-corrected chi connectivity index (χ1v) is 17.0. The molecule has 0 aromatic rings. The second-order valence-electron chi connectivity index (χ2n) is 15.9. The van der Waals surface area contributed by atoms with Gasteiger partial charge < -0.3 is 35.0 Å². The molecule has 0 amide bonds. The molecule has 3 heterocycles. The molecule has 7 aliphatic rings. The molecule has 41 heavy (non-hydrogen) atoms. The van der Waals surface area contributed by atoms with Crippen LogP contribution in [0.2, 0.25) is 0 Å². The van der Waals surface area contributed by atoms with Gasteiger partial charge in [0.2, 0.25) is 0 Å². The fourth-order valence-corrected chi connectivity index (χ4v) is 12.1. The van der Waals surface area contributed by atoms with Crippen LogP contribution in [0.1, 0.15) is 78.6 Å². The summed E-state index contributed by atoms with van der Waals surface area (Å²) in [4.78, 5) is 2.88. The smallest absolute Gasteiger partial charge is 0.186 e. The molecule has 7 fully saturated rings. The number of piperidine rings is 2. The summed E-state index contributed by atoms with van der Waals surface area (Å²) in [5, 5.41) is 52.1. The maximum Gasteiger partial charge on any atom is 0.186 e. The van der Waals surface area contributed by atoms with E-state index in [1.165, 1.54) is 45.2 Å². The van der Waals surface area contributed by atoms with Gasteiger partial charge in [0, 0.05) is 19.1 Å². The lowest BCUT2D eigenvalue weighted by Gasteiger charge is -2.57. The highest BCUT2D eigenvalue weighted by molar-refractivity contribution is 5.12. The Balaban J connectivity index is 1.06. The van der Waals surface area contributed by atoms with Gasteiger partial charge >= 0.3 is 0 Å². The minimum Gasteiger partial charge on any atom is -0.394 e. The van der Waals surface area contributed by atoms with E-state index in [0.717, 1.165) is 60.8 Å². The molecule has 7 rings (SSSR count). The second kappa shape index (κ2) is 10.9. The van der Waals surface area contributed by atoms with Crippen LogP contribution < -0.4 is 0 Å². The summed E-state index contributed by atoms with van der Waals surface area (Å²) in [5.41, 5.74) is 0.0763. The number of fused-ring (bicyclic) bond motifs is 8. The van der Waals surface area contributed by atoms with Gasteiger partial charge in [0.15, 0.2) is 6.29 Å². The molecule has 3 saturated heterocycles. The fraction of sp³-hybridized carbons (Fsp3) is 1.00. The summed E-state index contributed by atoms with van der Waals surface area (Å²) in [6, 6.07) is 0.787. The predicted molar refractivity (Wildman–Crippen MR) is 152 cm³/mol. The van der Waals surface area contributed by atoms with Crippen molar-refractivity contribution < 1.29 is 35.0 Å². The van der Waals surface area contributed by atoms with Crippen molar-refractivity contribution in [2.75, 3.05) is 19.7 Å². The minimum absolute atomic E-state index is 0.0763. The Hall–Kier alpha value is -0.320. The summed E-state index contributed by atoms with van der Waals surface area (Å²) in [6.45, 7) is 9.55. The molecule has 5 N–H and O–H groups in total. The van der Waals surface area contributed by atoms with E-state index < -0.39 is 37.3 Å². The summed E-state index contributed by atoms with van der Waals surface area (Å²) < 4.78 is 11.9. The number of aliphatic hydroxyl groups is 5. The monoisotopic (exact) mass is 577 g/mol. The minimum atomic E-state index is -1.43. The van der Waals surface area contributed by atoms with Crippen LogP contribution in [0.3, 0.4) is 0 Å². The van der Waals surface area contributed by atoms with E-state index in [1.807, 2.05) is 0 Å². The molecule has 8 nitrogen and oxygen atoms in total. The van der Waals surface area contributed by atoms with Gasteiger partial charge in [-0.25, -0.2) is 0 Å². The first kappa shape index (κ1) is 29.4. The zero-order chi connectivity index (χ0) is 28.8. The van der Waals surface area contributed by atoms with Crippen molar-refractivity contribution in [1.29, 1.82) is 0 Å². The van der Waals surface area contributed by atoms with Crippen molar-refractivity contribution in [3.05, 3.63) is 0 Å². The van der Waals surface area contributed by atoms with E-state index in [2.05, 4.69) is 25.7 Å². The highest BCUT2D eigenvalue weighted by Gasteiger charge is 2.63. The average molecular weight is 578 g/mol. The Labute approximate surface area is 245 Å². The molecule has 18 atom stereocenters. The predicted octanol–water partition coefficient (Wildman–Crippen LogP) is 2.39. The summed E-state index contributed by atoms with van der Waals surface area (Å²) in [5.74, 6) is 6.23. The van der Waals surface area contributed by atoms with Crippen molar-refractivity contribution in [3.8, 4) is 0 Å². The van der Waals surface area contributed by atoms with Crippen LogP contribution in [0.25, 0.3) is 0 Å². The lowest BCUT2D eigenvalue weighted by molar-refractivity contribution is -0.317. The zero-order valence-corrected chi connectivity index (χ0v) is 25.3. The van der Waals surface area contributed by atoms with Gasteiger partial charge in [0.05, 0.1) is 18.8 Å². The third-order valence-electron chi connectivity index (χ3n) is 14.1. The van der Waals surface area contributed by atoms with E-state index in [4.69, 9.17) is 9.47 Å². The van der Waals surface area contributed by atoms with Gasteiger partial charge in [0.1, 0.15) is 24.4 Å². The highest BCUT2D eigenvalue weighted by atomic mass is 16.7. The van der Waals surface area contributed by atoms with Gasteiger partial charge in [-0.1, -0.05) is 20.8 Å². The van der Waals surface area contributed by atoms with Gasteiger partial charge in [-0.15, -0.1) is 0 Å². The molecule has 8 heteroatoms. The molecule has 0 aromatic carbocycles. The molecule has 0 spiro atoms. The SMILES string of the molecule is C[C@H]1CC[C@H]2[C@H](C)[C@H]3CC[C@@H]4[C@@H](C[C@H]5[C@H]4C[C@H](O)[C@H]4C[C@H](O[C@@H]6O[C@H](CO)[C@@H](O)[C@H](O)[C@H]6O)CC[C@]45C)[C@H]3CN2C1. The lowest BCUT2D eigenvalue weighted by atomic mass is 9.51. The number of aliphatic hydroxyl groups excluding tert-OH is 5. The van der Waals surface area contributed by atoms with Gasteiger partial charge in [0.25, 0.3) is 0 Å². The summed E-state index contributed by atoms with van der Waals surface area (Å²) in [6.07, 6.45) is 3.39. The Morgan fingerprint density at radius 3 is 2.34 bits per heavy atom. The third-order valence-corrected chi connectivity index (χ3v) is 14.1. The Bertz CT molecular complexity index is 949. The lowest BCUT2D eigenvalue weighted by Crippen LogP contribution is -2.60. The van der Waals surface area contributed by atoms with E-state index >= 15 is 0 Å². The number of nitrogens with zero attached hydrogens (tertiary/aromatic N) is 1. The quantitative estimate of drug-likeness (QED) is 0.324. The fourth-order valence-electron chi connectivity index (χ4n) is 12.1. The van der Waals surface area contributed by atoms with Crippen LogP contribution in [-0.2, 0) is 9.47 Å². The van der Waals surface area contributed by atoms with E-state index in [-0.39, 0.29) is 23.5 Å². The average Bonchev–Trinajstić information content (AvgIpc) is 3.34. The van der Waals surface area contributed by atoms with Gasteiger partial charge in [-0.2, -0.15) is 0 Å². The van der Waals surface area contributed by atoms with Crippen LogP contribution in [-0.4, -0.2) is 99.1 Å². The number of hydrogen-bond acceptors (Lipinski definition) is 8. The van der Waals surface area contributed by atoms with E-state index in [1.54, 1.807) is 0 Å².